The molecule has 2 heterocycles. The van der Waals surface area contributed by atoms with E-state index in [1.165, 1.54) is 16.7 Å². The Hall–Kier alpha value is -3.92. The Morgan fingerprint density at radius 1 is 1.07 bits per heavy atom. The molecule has 2 fully saturated rings. The molecule has 1 amide bonds. The van der Waals surface area contributed by atoms with Crippen LogP contribution in [0.3, 0.4) is 0 Å². The maximum atomic E-state index is 15.3. The standard InChI is InChI=1S/C33H36F3N3O4/c1-19-4-3-5-20(2)31(19)23-13-25(32(36)26(35)14-23)27(15-30(41)42)37-33(43)28(12-21-6-7-21)39-16-22(8-9-29(39)40)10-11-38-17-24(34)18-38/h3-5,8-9,13-14,16,21,24,27-28H,6-7,10-12,15,17-18H2,1-2H3,(H,37,43)(H,41,42). The Bertz CT molecular complexity index is 1560. The second kappa shape index (κ2) is 12.8. The van der Waals surface area contributed by atoms with Crippen molar-refractivity contribution >= 4 is 11.9 Å². The highest BCUT2D eigenvalue weighted by Gasteiger charge is 2.34. The predicted octanol–water partition coefficient (Wildman–Crippen LogP) is 5.28. The molecule has 1 aliphatic heterocycles. The number of carbonyl (C=O) groups is 2. The van der Waals surface area contributed by atoms with E-state index in [4.69, 9.17) is 0 Å². The molecule has 1 saturated heterocycles. The van der Waals surface area contributed by atoms with Gasteiger partial charge in [-0.05, 0) is 72.6 Å². The number of alkyl halides is 1. The Morgan fingerprint density at radius 3 is 2.40 bits per heavy atom. The van der Waals surface area contributed by atoms with Gasteiger partial charge in [0.05, 0.1) is 12.5 Å². The van der Waals surface area contributed by atoms with E-state index >= 15 is 8.78 Å². The third kappa shape index (κ3) is 7.18. The molecule has 0 radical (unpaired) electrons. The molecule has 2 unspecified atom stereocenters. The zero-order chi connectivity index (χ0) is 30.8. The number of aromatic nitrogens is 1. The second-order valence-electron chi connectivity index (χ2n) is 11.9. The van der Waals surface area contributed by atoms with E-state index in [1.54, 1.807) is 12.3 Å². The first-order valence-electron chi connectivity index (χ1n) is 14.6. The van der Waals surface area contributed by atoms with Gasteiger partial charge >= 0.3 is 5.97 Å². The minimum atomic E-state index is -1.38. The van der Waals surface area contributed by atoms with Crippen LogP contribution in [0.4, 0.5) is 13.2 Å². The summed E-state index contributed by atoms with van der Waals surface area (Å²) in [5.74, 6) is -4.12. The number of pyridine rings is 1. The molecule has 1 aromatic heterocycles. The molecule has 0 spiro atoms. The second-order valence-corrected chi connectivity index (χ2v) is 11.9. The summed E-state index contributed by atoms with van der Waals surface area (Å²) in [6.45, 7) is 5.05. The summed E-state index contributed by atoms with van der Waals surface area (Å²) in [7, 11) is 0. The predicted molar refractivity (Wildman–Crippen MR) is 157 cm³/mol. The maximum absolute atomic E-state index is 15.3. The number of hydrogen-bond acceptors (Lipinski definition) is 4. The maximum Gasteiger partial charge on any atom is 0.305 e. The number of carbonyl (C=O) groups excluding carboxylic acids is 1. The highest BCUT2D eigenvalue weighted by atomic mass is 19.2. The summed E-state index contributed by atoms with van der Waals surface area (Å²) in [5, 5.41) is 12.3. The van der Waals surface area contributed by atoms with E-state index in [-0.39, 0.29) is 11.5 Å². The summed E-state index contributed by atoms with van der Waals surface area (Å²) in [6.07, 6.45) is 2.82. The highest BCUT2D eigenvalue weighted by Crippen LogP contribution is 2.38. The van der Waals surface area contributed by atoms with Gasteiger partial charge in [0.1, 0.15) is 12.2 Å². The minimum Gasteiger partial charge on any atom is -0.481 e. The topological polar surface area (TPSA) is 91.6 Å². The molecule has 1 saturated carbocycles. The van der Waals surface area contributed by atoms with Gasteiger partial charge in [-0.3, -0.25) is 19.3 Å². The summed E-state index contributed by atoms with van der Waals surface area (Å²) in [5.41, 5.74) is 2.84. The lowest BCUT2D eigenvalue weighted by molar-refractivity contribution is -0.138. The van der Waals surface area contributed by atoms with E-state index < -0.39 is 53.7 Å². The molecule has 7 nitrogen and oxygen atoms in total. The van der Waals surface area contributed by atoms with Crippen molar-refractivity contribution in [3.8, 4) is 11.1 Å². The van der Waals surface area contributed by atoms with Crippen molar-refractivity contribution < 1.29 is 27.9 Å². The van der Waals surface area contributed by atoms with Gasteiger partial charge in [-0.2, -0.15) is 0 Å². The largest absolute Gasteiger partial charge is 0.481 e. The first kappa shape index (κ1) is 30.5. The first-order chi connectivity index (χ1) is 20.5. The van der Waals surface area contributed by atoms with Crippen LogP contribution >= 0.6 is 0 Å². The van der Waals surface area contributed by atoms with Crippen molar-refractivity contribution in [2.24, 2.45) is 5.92 Å². The molecule has 2 N–H and O–H groups in total. The van der Waals surface area contributed by atoms with E-state index in [0.717, 1.165) is 35.6 Å². The van der Waals surface area contributed by atoms with Crippen LogP contribution in [0.5, 0.6) is 0 Å². The summed E-state index contributed by atoms with van der Waals surface area (Å²) in [4.78, 5) is 40.6. The van der Waals surface area contributed by atoms with Gasteiger partial charge in [0, 0.05) is 37.5 Å². The van der Waals surface area contributed by atoms with Crippen molar-refractivity contribution in [3.63, 3.8) is 0 Å². The van der Waals surface area contributed by atoms with Crippen molar-refractivity contribution in [1.29, 1.82) is 0 Å². The van der Waals surface area contributed by atoms with Crippen LogP contribution in [0.2, 0.25) is 0 Å². The average molecular weight is 596 g/mol. The fourth-order valence-corrected chi connectivity index (χ4v) is 5.89. The lowest BCUT2D eigenvalue weighted by Gasteiger charge is -2.34. The first-order valence-corrected chi connectivity index (χ1v) is 14.6. The summed E-state index contributed by atoms with van der Waals surface area (Å²) < 4.78 is 44.9. The molecule has 0 bridgehead atoms. The molecular formula is C33H36F3N3O4. The van der Waals surface area contributed by atoms with Crippen molar-refractivity contribution in [2.45, 2.75) is 64.2 Å². The van der Waals surface area contributed by atoms with Gasteiger partial charge in [0.25, 0.3) is 5.56 Å². The quantitative estimate of drug-likeness (QED) is 0.297. The number of halogens is 3. The third-order valence-corrected chi connectivity index (χ3v) is 8.42. The van der Waals surface area contributed by atoms with Gasteiger partial charge in [-0.1, -0.05) is 37.1 Å². The van der Waals surface area contributed by atoms with Crippen molar-refractivity contribution in [2.75, 3.05) is 19.6 Å². The molecule has 5 rings (SSSR count). The summed E-state index contributed by atoms with van der Waals surface area (Å²) >= 11 is 0. The number of rotatable bonds is 12. The Labute approximate surface area is 248 Å². The number of benzene rings is 2. The van der Waals surface area contributed by atoms with E-state index in [1.807, 2.05) is 36.9 Å². The number of carboxylic acid groups (broad SMARTS) is 1. The Balaban J connectivity index is 1.46. The number of carboxylic acids is 1. The molecule has 3 aromatic rings. The van der Waals surface area contributed by atoms with E-state index in [2.05, 4.69) is 5.32 Å². The van der Waals surface area contributed by atoms with Gasteiger partial charge in [0.2, 0.25) is 5.91 Å². The molecule has 10 heteroatoms. The average Bonchev–Trinajstić information content (AvgIpc) is 3.75. The van der Waals surface area contributed by atoms with Gasteiger partial charge in [0.15, 0.2) is 11.6 Å². The zero-order valence-electron chi connectivity index (χ0n) is 24.3. The molecule has 1 aliphatic carbocycles. The van der Waals surface area contributed by atoms with Crippen molar-refractivity contribution in [1.82, 2.24) is 14.8 Å². The van der Waals surface area contributed by atoms with Crippen molar-refractivity contribution in [3.05, 3.63) is 92.9 Å². The zero-order valence-corrected chi connectivity index (χ0v) is 24.3. The number of nitrogens with one attached hydrogen (secondary N) is 1. The summed E-state index contributed by atoms with van der Waals surface area (Å²) in [6, 6.07) is 8.71. The Kier molecular flexibility index (Phi) is 9.05. The molecule has 2 aromatic carbocycles. The number of nitrogens with zero attached hydrogens (tertiary/aromatic N) is 2. The molecule has 2 atom stereocenters. The highest BCUT2D eigenvalue weighted by molar-refractivity contribution is 5.82. The van der Waals surface area contributed by atoms with E-state index in [9.17, 15) is 23.9 Å². The third-order valence-electron chi connectivity index (χ3n) is 8.42. The van der Waals surface area contributed by atoms with Crippen LogP contribution in [0.1, 0.15) is 60.0 Å². The van der Waals surface area contributed by atoms with Crippen LogP contribution in [-0.4, -0.2) is 52.3 Å². The van der Waals surface area contributed by atoms with Crippen LogP contribution in [0, 0.1) is 31.4 Å². The fraction of sp³-hybridized carbons (Fsp3) is 0.424. The molecule has 43 heavy (non-hydrogen) atoms. The lowest BCUT2D eigenvalue weighted by Crippen LogP contribution is -2.49. The minimum absolute atomic E-state index is 0.216. The number of hydrogen-bond donors (Lipinski definition) is 2. The van der Waals surface area contributed by atoms with Gasteiger partial charge < -0.3 is 15.0 Å². The van der Waals surface area contributed by atoms with E-state index in [0.29, 0.717) is 43.6 Å². The number of aliphatic carboxylic acids is 1. The van der Waals surface area contributed by atoms with Crippen LogP contribution in [0.15, 0.2) is 53.5 Å². The van der Waals surface area contributed by atoms with Crippen LogP contribution < -0.4 is 10.9 Å². The number of aryl methyl sites for hydroxylation is 2. The molecule has 228 valence electrons. The molecule has 2 aliphatic rings. The number of likely N-dealkylation sites (tertiary alicyclic amines) is 1. The van der Waals surface area contributed by atoms with Gasteiger partial charge in [-0.25, -0.2) is 13.2 Å². The van der Waals surface area contributed by atoms with Crippen LogP contribution in [0.25, 0.3) is 11.1 Å². The fourth-order valence-electron chi connectivity index (χ4n) is 5.89. The molecular weight excluding hydrogens is 559 g/mol. The van der Waals surface area contributed by atoms with Crippen LogP contribution in [-0.2, 0) is 16.0 Å². The Morgan fingerprint density at radius 2 is 1.77 bits per heavy atom. The SMILES string of the molecule is Cc1cccc(C)c1-c1cc(F)c(F)c(C(CC(=O)O)NC(=O)C(CC2CC2)n2cc(CCN3CC(F)C3)ccc2=O)c1. The monoisotopic (exact) mass is 595 g/mol. The lowest BCUT2D eigenvalue weighted by atomic mass is 9.92. The smallest absolute Gasteiger partial charge is 0.305 e. The normalized spacial score (nSPS) is 16.9. The van der Waals surface area contributed by atoms with Gasteiger partial charge in [-0.15, -0.1) is 0 Å². The number of amides is 1.